The fraction of sp³-hybridized carbons (Fsp3) is 0. The van der Waals surface area contributed by atoms with Crippen LogP contribution < -0.4 is 5.73 Å². The lowest BCUT2D eigenvalue weighted by Gasteiger charge is -1.69. The monoisotopic (exact) mass is 197 g/mol. The Balaban J connectivity index is 3.30. The van der Waals surface area contributed by atoms with Crippen LogP contribution in [-0.4, -0.2) is 5.91 Å². The Bertz CT molecular complexity index is 78.9. The van der Waals surface area contributed by atoms with E-state index in [-0.39, 0.29) is 0 Å². The van der Waals surface area contributed by atoms with Crippen molar-refractivity contribution in [2.45, 2.75) is 0 Å². The topological polar surface area (TPSA) is 43.1 Å². The van der Waals surface area contributed by atoms with E-state index in [9.17, 15) is 4.79 Å². The van der Waals surface area contributed by atoms with Gasteiger partial charge in [0.1, 0.15) is 0 Å². The molecular weight excluding hydrogens is 193 g/mol. The minimum absolute atomic E-state index is 0.399. The summed E-state index contributed by atoms with van der Waals surface area (Å²) in [6.07, 6.45) is 1.29. The summed E-state index contributed by atoms with van der Waals surface area (Å²) in [5.41, 5.74) is 4.67. The van der Waals surface area contributed by atoms with E-state index >= 15 is 0 Å². The van der Waals surface area contributed by atoms with Gasteiger partial charge in [-0.25, -0.2) is 0 Å². The predicted octanol–water partition coefficient (Wildman–Crippen LogP) is 0.420. The summed E-state index contributed by atoms with van der Waals surface area (Å²) in [6, 6.07) is 0. The van der Waals surface area contributed by atoms with Crippen molar-refractivity contribution in [2.24, 2.45) is 5.73 Å². The molecule has 2 N–H and O–H groups in total. The highest BCUT2D eigenvalue weighted by Crippen LogP contribution is 1.79. The molecule has 0 aliphatic carbocycles. The number of hydrogen-bond acceptors (Lipinski definition) is 1. The molecule has 0 saturated carbocycles. The molecule has 0 atom stereocenters. The molecule has 6 heavy (non-hydrogen) atoms. The van der Waals surface area contributed by atoms with Crippen molar-refractivity contribution in [1.29, 1.82) is 0 Å². The number of carbonyl (C=O) groups is 1. The van der Waals surface area contributed by atoms with Crippen molar-refractivity contribution < 1.29 is 4.79 Å². The molecule has 0 heterocycles. The normalized spacial score (nSPS) is 9.50. The zero-order chi connectivity index (χ0) is 4.99. The van der Waals surface area contributed by atoms with Crippen molar-refractivity contribution in [3.8, 4) is 0 Å². The van der Waals surface area contributed by atoms with Gasteiger partial charge in [0, 0.05) is 6.08 Å². The third kappa shape index (κ3) is 3.94. The first-order chi connectivity index (χ1) is 2.77. The second-order valence-corrected chi connectivity index (χ2v) is 1.41. The van der Waals surface area contributed by atoms with Crippen LogP contribution in [0.4, 0.5) is 0 Å². The summed E-state index contributed by atoms with van der Waals surface area (Å²) in [5, 5.41) is 0. The van der Waals surface area contributed by atoms with Crippen LogP contribution in [0.25, 0.3) is 0 Å². The molecule has 3 heteroatoms. The molecule has 0 radical (unpaired) electrons. The van der Waals surface area contributed by atoms with Crippen LogP contribution in [0.3, 0.4) is 0 Å². The fourth-order valence-corrected chi connectivity index (χ4v) is 0.416. The Morgan fingerprint density at radius 2 is 2.33 bits per heavy atom. The SMILES string of the molecule is NC(=O)/C=C\I. The summed E-state index contributed by atoms with van der Waals surface area (Å²) in [6.45, 7) is 0. The smallest absolute Gasteiger partial charge is 0.241 e. The molecule has 0 saturated heterocycles. The van der Waals surface area contributed by atoms with E-state index in [0.717, 1.165) is 0 Å². The van der Waals surface area contributed by atoms with Crippen molar-refractivity contribution in [3.63, 3.8) is 0 Å². The van der Waals surface area contributed by atoms with Crippen LogP contribution in [0.1, 0.15) is 0 Å². The van der Waals surface area contributed by atoms with E-state index < -0.39 is 5.91 Å². The summed E-state index contributed by atoms with van der Waals surface area (Å²) >= 11 is 1.92. The number of nitrogens with two attached hydrogens (primary N) is 1. The Morgan fingerprint density at radius 3 is 2.33 bits per heavy atom. The van der Waals surface area contributed by atoms with Crippen molar-refractivity contribution in [1.82, 2.24) is 0 Å². The highest BCUT2D eigenvalue weighted by molar-refractivity contribution is 14.1. The first-order valence-electron chi connectivity index (χ1n) is 1.33. The first kappa shape index (κ1) is 5.94. The summed E-state index contributed by atoms with van der Waals surface area (Å²) in [7, 11) is 0. The summed E-state index contributed by atoms with van der Waals surface area (Å²) < 4.78 is 1.57. The van der Waals surface area contributed by atoms with Gasteiger partial charge >= 0.3 is 0 Å². The van der Waals surface area contributed by atoms with Crippen molar-refractivity contribution in [3.05, 3.63) is 10.2 Å². The highest BCUT2D eigenvalue weighted by atomic mass is 127. The molecular formula is C3H4INO. The lowest BCUT2D eigenvalue weighted by molar-refractivity contribution is -0.113. The van der Waals surface area contributed by atoms with E-state index in [1.54, 1.807) is 4.08 Å². The van der Waals surface area contributed by atoms with Gasteiger partial charge in [0.15, 0.2) is 0 Å². The Morgan fingerprint density at radius 1 is 1.83 bits per heavy atom. The van der Waals surface area contributed by atoms with Gasteiger partial charge in [-0.15, -0.1) is 0 Å². The molecule has 0 aromatic carbocycles. The minimum atomic E-state index is -0.399. The van der Waals surface area contributed by atoms with Crippen LogP contribution in [0.15, 0.2) is 10.2 Å². The molecule has 0 spiro atoms. The Labute approximate surface area is 49.5 Å². The third-order valence-corrected chi connectivity index (χ3v) is 0.587. The van der Waals surface area contributed by atoms with Crippen LogP contribution >= 0.6 is 22.6 Å². The molecule has 0 bridgehead atoms. The quantitative estimate of drug-likeness (QED) is 0.480. The zero-order valence-corrected chi connectivity index (χ0v) is 5.18. The fourth-order valence-electron chi connectivity index (χ4n) is 0.0621. The highest BCUT2D eigenvalue weighted by Gasteiger charge is 1.74. The number of primary amides is 1. The maximum Gasteiger partial charge on any atom is 0.241 e. The molecule has 0 unspecified atom stereocenters. The van der Waals surface area contributed by atoms with E-state index in [1.807, 2.05) is 22.6 Å². The lowest BCUT2D eigenvalue weighted by Crippen LogP contribution is -2.04. The average Bonchev–Trinajstić information content (AvgIpc) is 1.35. The number of rotatable bonds is 1. The van der Waals surface area contributed by atoms with Crippen molar-refractivity contribution in [2.75, 3.05) is 0 Å². The first-order valence-corrected chi connectivity index (χ1v) is 2.58. The molecule has 1 amide bonds. The van der Waals surface area contributed by atoms with Crippen LogP contribution in [0.2, 0.25) is 0 Å². The van der Waals surface area contributed by atoms with E-state index in [0.29, 0.717) is 0 Å². The van der Waals surface area contributed by atoms with E-state index in [1.165, 1.54) is 6.08 Å². The molecule has 0 aliphatic heterocycles. The number of amides is 1. The third-order valence-electron chi connectivity index (χ3n) is 0.227. The van der Waals surface area contributed by atoms with E-state index in [4.69, 9.17) is 0 Å². The summed E-state index contributed by atoms with van der Waals surface area (Å²) in [5.74, 6) is -0.399. The predicted molar refractivity (Wildman–Crippen MR) is 32.4 cm³/mol. The molecule has 0 rings (SSSR count). The average molecular weight is 197 g/mol. The molecule has 0 aromatic heterocycles. The maximum atomic E-state index is 9.73. The number of halogens is 1. The zero-order valence-electron chi connectivity index (χ0n) is 3.02. The number of carbonyl (C=O) groups excluding carboxylic acids is 1. The van der Waals surface area contributed by atoms with Crippen LogP contribution in [0.5, 0.6) is 0 Å². The van der Waals surface area contributed by atoms with Gasteiger partial charge in [0.2, 0.25) is 5.91 Å². The standard InChI is InChI=1S/C3H4INO/c4-2-1-3(5)6/h1-2H,(H2,5,6)/b2-1-. The number of hydrogen-bond donors (Lipinski definition) is 1. The van der Waals surface area contributed by atoms with Crippen LogP contribution in [0, 0.1) is 0 Å². The molecule has 0 aliphatic rings. The Kier molecular flexibility index (Phi) is 3.11. The van der Waals surface area contributed by atoms with Gasteiger partial charge in [-0.05, 0) is 4.08 Å². The molecule has 2 nitrogen and oxygen atoms in total. The van der Waals surface area contributed by atoms with Gasteiger partial charge in [0.05, 0.1) is 0 Å². The van der Waals surface area contributed by atoms with Crippen LogP contribution in [-0.2, 0) is 4.79 Å². The maximum absolute atomic E-state index is 9.73. The van der Waals surface area contributed by atoms with Gasteiger partial charge < -0.3 is 5.73 Å². The second kappa shape index (κ2) is 3.14. The molecule has 0 fully saturated rings. The van der Waals surface area contributed by atoms with Crippen molar-refractivity contribution >= 4 is 28.5 Å². The second-order valence-electron chi connectivity index (χ2n) is 0.695. The van der Waals surface area contributed by atoms with Gasteiger partial charge in [0.25, 0.3) is 0 Å². The summed E-state index contributed by atoms with van der Waals surface area (Å²) in [4.78, 5) is 9.73. The van der Waals surface area contributed by atoms with Gasteiger partial charge in [-0.1, -0.05) is 22.6 Å². The lowest BCUT2D eigenvalue weighted by atomic mass is 10.6. The largest absolute Gasteiger partial charge is 0.366 e. The van der Waals surface area contributed by atoms with E-state index in [2.05, 4.69) is 5.73 Å². The van der Waals surface area contributed by atoms with Gasteiger partial charge in [-0.3, -0.25) is 4.79 Å². The Hall–Kier alpha value is -0.0600. The van der Waals surface area contributed by atoms with Gasteiger partial charge in [-0.2, -0.15) is 0 Å². The minimum Gasteiger partial charge on any atom is -0.366 e. The molecule has 0 aromatic rings. The molecule has 34 valence electrons.